The fourth-order valence-electron chi connectivity index (χ4n) is 3.30. The van der Waals surface area contributed by atoms with Crippen LogP contribution in [0, 0.1) is 13.8 Å². The van der Waals surface area contributed by atoms with E-state index in [-0.39, 0.29) is 5.91 Å². The highest BCUT2D eigenvalue weighted by Gasteiger charge is 2.21. The highest BCUT2D eigenvalue weighted by molar-refractivity contribution is 7.13. The van der Waals surface area contributed by atoms with E-state index >= 15 is 0 Å². The number of aromatic nitrogens is 3. The Kier molecular flexibility index (Phi) is 5.18. The minimum atomic E-state index is 0.249. The highest BCUT2D eigenvalue weighted by atomic mass is 32.1. The average molecular weight is 347 g/mol. The van der Waals surface area contributed by atoms with Crippen LogP contribution in [0.5, 0.6) is 0 Å². The molecule has 7 heteroatoms. The van der Waals surface area contributed by atoms with Crippen molar-refractivity contribution in [2.24, 2.45) is 7.05 Å². The van der Waals surface area contributed by atoms with Gasteiger partial charge in [0.15, 0.2) is 5.13 Å². The summed E-state index contributed by atoms with van der Waals surface area (Å²) < 4.78 is 1.90. The lowest BCUT2D eigenvalue weighted by Gasteiger charge is -2.21. The molecular formula is C17H25N5OS. The summed E-state index contributed by atoms with van der Waals surface area (Å²) in [6.45, 7) is 7.54. The van der Waals surface area contributed by atoms with Gasteiger partial charge in [-0.05, 0) is 32.3 Å². The van der Waals surface area contributed by atoms with E-state index in [2.05, 4.69) is 21.9 Å². The van der Waals surface area contributed by atoms with E-state index in [9.17, 15) is 4.79 Å². The Morgan fingerprint density at radius 1 is 1.25 bits per heavy atom. The van der Waals surface area contributed by atoms with Gasteiger partial charge in [0.25, 0.3) is 0 Å². The maximum absolute atomic E-state index is 12.6. The standard InChI is InChI=1S/C17H25N5OS/c1-13-15(14(2)20(3)19-13)5-6-16(23)21-8-4-9-22(11-10-21)17-18-7-12-24-17/h7,12H,4-6,8-11H2,1-3H3. The second-order valence-electron chi connectivity index (χ2n) is 6.31. The summed E-state index contributed by atoms with van der Waals surface area (Å²) in [5, 5.41) is 7.50. The maximum atomic E-state index is 12.6. The van der Waals surface area contributed by atoms with Crippen molar-refractivity contribution in [2.75, 3.05) is 31.1 Å². The molecule has 0 radical (unpaired) electrons. The second-order valence-corrected chi connectivity index (χ2v) is 7.18. The van der Waals surface area contributed by atoms with Crippen LogP contribution < -0.4 is 4.90 Å². The van der Waals surface area contributed by atoms with Gasteiger partial charge in [-0.15, -0.1) is 11.3 Å². The Bertz CT molecular complexity index is 694. The molecule has 0 aliphatic carbocycles. The molecule has 24 heavy (non-hydrogen) atoms. The molecule has 1 aliphatic rings. The predicted octanol–water partition coefficient (Wildman–Crippen LogP) is 2.16. The van der Waals surface area contributed by atoms with Crippen LogP contribution in [-0.4, -0.2) is 51.8 Å². The van der Waals surface area contributed by atoms with Crippen LogP contribution in [-0.2, 0) is 18.3 Å². The van der Waals surface area contributed by atoms with Crippen LogP contribution in [0.2, 0.25) is 0 Å². The molecule has 0 spiro atoms. The number of carbonyl (C=O) groups is 1. The Morgan fingerprint density at radius 3 is 2.75 bits per heavy atom. The Morgan fingerprint density at radius 2 is 2.08 bits per heavy atom. The van der Waals surface area contributed by atoms with Crippen molar-refractivity contribution in [3.63, 3.8) is 0 Å². The number of hydrogen-bond acceptors (Lipinski definition) is 5. The molecular weight excluding hydrogens is 322 g/mol. The molecule has 3 rings (SSSR count). The van der Waals surface area contributed by atoms with Crippen molar-refractivity contribution >= 4 is 22.4 Å². The first-order valence-electron chi connectivity index (χ1n) is 8.47. The summed E-state index contributed by atoms with van der Waals surface area (Å²) in [5.74, 6) is 0.249. The zero-order valence-electron chi connectivity index (χ0n) is 14.7. The van der Waals surface area contributed by atoms with Gasteiger partial charge in [0.2, 0.25) is 5.91 Å². The van der Waals surface area contributed by atoms with Crippen molar-refractivity contribution in [3.8, 4) is 0 Å². The Hall–Kier alpha value is -1.89. The molecule has 0 bridgehead atoms. The Balaban J connectivity index is 1.55. The number of aryl methyl sites for hydroxylation is 2. The van der Waals surface area contributed by atoms with Gasteiger partial charge in [-0.3, -0.25) is 9.48 Å². The molecule has 0 saturated carbocycles. The summed E-state index contributed by atoms with van der Waals surface area (Å²) in [6, 6.07) is 0. The van der Waals surface area contributed by atoms with Crippen LogP contribution in [0.3, 0.4) is 0 Å². The van der Waals surface area contributed by atoms with Crippen LogP contribution in [0.1, 0.15) is 29.8 Å². The van der Waals surface area contributed by atoms with Crippen molar-refractivity contribution in [1.82, 2.24) is 19.7 Å². The summed E-state index contributed by atoms with van der Waals surface area (Å²) in [5.41, 5.74) is 3.41. The molecule has 1 fully saturated rings. The molecule has 3 heterocycles. The molecule has 6 nitrogen and oxygen atoms in total. The summed E-state index contributed by atoms with van der Waals surface area (Å²) >= 11 is 1.66. The first kappa shape index (κ1) is 17.0. The minimum Gasteiger partial charge on any atom is -0.346 e. The zero-order chi connectivity index (χ0) is 17.1. The van der Waals surface area contributed by atoms with Gasteiger partial charge in [-0.1, -0.05) is 0 Å². The van der Waals surface area contributed by atoms with Gasteiger partial charge in [-0.2, -0.15) is 5.10 Å². The topological polar surface area (TPSA) is 54.3 Å². The molecule has 2 aromatic rings. The number of rotatable bonds is 4. The monoisotopic (exact) mass is 347 g/mol. The molecule has 130 valence electrons. The van der Waals surface area contributed by atoms with E-state index in [0.29, 0.717) is 6.42 Å². The number of nitrogens with zero attached hydrogens (tertiary/aromatic N) is 5. The maximum Gasteiger partial charge on any atom is 0.222 e. The van der Waals surface area contributed by atoms with Gasteiger partial charge in [0, 0.05) is 56.9 Å². The lowest BCUT2D eigenvalue weighted by molar-refractivity contribution is -0.130. The van der Waals surface area contributed by atoms with E-state index in [1.165, 1.54) is 5.56 Å². The number of thiazole rings is 1. The zero-order valence-corrected chi connectivity index (χ0v) is 15.5. The van der Waals surface area contributed by atoms with E-state index in [1.807, 2.05) is 35.1 Å². The van der Waals surface area contributed by atoms with Gasteiger partial charge >= 0.3 is 0 Å². The first-order valence-corrected chi connectivity index (χ1v) is 9.35. The van der Waals surface area contributed by atoms with Gasteiger partial charge in [-0.25, -0.2) is 4.98 Å². The molecule has 0 aromatic carbocycles. The van der Waals surface area contributed by atoms with E-state index in [4.69, 9.17) is 0 Å². The number of anilines is 1. The summed E-state index contributed by atoms with van der Waals surface area (Å²) in [7, 11) is 1.95. The molecule has 1 saturated heterocycles. The third kappa shape index (κ3) is 3.61. The number of carbonyl (C=O) groups excluding carboxylic acids is 1. The van der Waals surface area contributed by atoms with Gasteiger partial charge < -0.3 is 9.80 Å². The van der Waals surface area contributed by atoms with Crippen LogP contribution in [0.4, 0.5) is 5.13 Å². The van der Waals surface area contributed by atoms with Crippen LogP contribution in [0.25, 0.3) is 0 Å². The largest absolute Gasteiger partial charge is 0.346 e. The van der Waals surface area contributed by atoms with Crippen molar-refractivity contribution in [2.45, 2.75) is 33.1 Å². The third-order valence-corrected chi connectivity index (χ3v) is 5.62. The fourth-order valence-corrected chi connectivity index (χ4v) is 4.00. The fraction of sp³-hybridized carbons (Fsp3) is 0.588. The smallest absolute Gasteiger partial charge is 0.222 e. The quantitative estimate of drug-likeness (QED) is 0.850. The molecule has 0 unspecified atom stereocenters. The predicted molar refractivity (Wildman–Crippen MR) is 96.5 cm³/mol. The first-order chi connectivity index (χ1) is 11.6. The lowest BCUT2D eigenvalue weighted by Crippen LogP contribution is -2.35. The van der Waals surface area contributed by atoms with Crippen LogP contribution >= 0.6 is 11.3 Å². The molecule has 1 aliphatic heterocycles. The lowest BCUT2D eigenvalue weighted by atomic mass is 10.1. The normalized spacial score (nSPS) is 15.6. The SMILES string of the molecule is Cc1nn(C)c(C)c1CCC(=O)N1CCCN(c2nccs2)CC1. The van der Waals surface area contributed by atoms with E-state index < -0.39 is 0 Å². The number of amides is 1. The highest BCUT2D eigenvalue weighted by Crippen LogP contribution is 2.20. The van der Waals surface area contributed by atoms with E-state index in [1.54, 1.807) is 11.3 Å². The van der Waals surface area contributed by atoms with Crippen molar-refractivity contribution in [1.29, 1.82) is 0 Å². The van der Waals surface area contributed by atoms with Crippen molar-refractivity contribution < 1.29 is 4.79 Å². The third-order valence-electron chi connectivity index (χ3n) is 4.79. The summed E-state index contributed by atoms with van der Waals surface area (Å²) in [4.78, 5) is 21.3. The van der Waals surface area contributed by atoms with E-state index in [0.717, 1.165) is 55.5 Å². The van der Waals surface area contributed by atoms with Crippen LogP contribution in [0.15, 0.2) is 11.6 Å². The molecule has 0 atom stereocenters. The minimum absolute atomic E-state index is 0.249. The van der Waals surface area contributed by atoms with Crippen molar-refractivity contribution in [3.05, 3.63) is 28.5 Å². The van der Waals surface area contributed by atoms with Gasteiger partial charge in [0.1, 0.15) is 0 Å². The summed E-state index contributed by atoms with van der Waals surface area (Å²) in [6.07, 6.45) is 4.17. The average Bonchev–Trinajstić information content (AvgIpc) is 3.08. The molecule has 1 amide bonds. The Labute approximate surface area is 147 Å². The number of hydrogen-bond donors (Lipinski definition) is 0. The van der Waals surface area contributed by atoms with Gasteiger partial charge in [0.05, 0.1) is 5.69 Å². The molecule has 2 aromatic heterocycles. The second kappa shape index (κ2) is 7.34. The molecule has 0 N–H and O–H groups in total.